The average Bonchev–Trinajstić information content (AvgIpc) is 2.64. The first-order valence-corrected chi connectivity index (χ1v) is 7.85. The lowest BCUT2D eigenvalue weighted by Crippen LogP contribution is -2.35. The lowest BCUT2D eigenvalue weighted by molar-refractivity contribution is -0.147. The number of ether oxygens (including phenoxy) is 1. The van der Waals surface area contributed by atoms with Gasteiger partial charge in [0.1, 0.15) is 6.54 Å². The van der Waals surface area contributed by atoms with E-state index in [0.29, 0.717) is 5.69 Å². The Labute approximate surface area is 153 Å². The number of halogens is 3. The normalized spacial score (nSPS) is 10.7. The Morgan fingerprint density at radius 1 is 1.07 bits per heavy atom. The number of para-hydroxylation sites is 1. The maximum atomic E-state index is 12.7. The Morgan fingerprint density at radius 3 is 2.41 bits per heavy atom. The number of benzene rings is 2. The summed E-state index contributed by atoms with van der Waals surface area (Å²) in [6.45, 7) is -0.845. The number of rotatable bonds is 6. The predicted octanol–water partition coefficient (Wildman–Crippen LogP) is 3.35. The highest BCUT2D eigenvalue weighted by molar-refractivity contribution is 5.95. The van der Waals surface area contributed by atoms with E-state index < -0.39 is 36.6 Å². The second kappa shape index (κ2) is 8.85. The van der Waals surface area contributed by atoms with Crippen LogP contribution in [0.3, 0.4) is 0 Å². The molecule has 0 bridgehead atoms. The predicted molar refractivity (Wildman–Crippen MR) is 90.5 cm³/mol. The fourth-order valence-corrected chi connectivity index (χ4v) is 2.30. The van der Waals surface area contributed by atoms with Crippen LogP contribution in [0.4, 0.5) is 18.9 Å². The first-order chi connectivity index (χ1) is 12.8. The van der Waals surface area contributed by atoms with Crippen LogP contribution in [-0.4, -0.2) is 25.0 Å². The molecule has 0 radical (unpaired) electrons. The summed E-state index contributed by atoms with van der Waals surface area (Å²) in [4.78, 5) is 25.2. The highest BCUT2D eigenvalue weighted by Gasteiger charge is 2.30. The second-order valence-electron chi connectivity index (χ2n) is 5.51. The summed E-state index contributed by atoms with van der Waals surface area (Å²) >= 11 is 0. The monoisotopic (exact) mass is 376 g/mol. The van der Waals surface area contributed by atoms with Crippen LogP contribution in [0.15, 0.2) is 54.6 Å². The van der Waals surface area contributed by atoms with Crippen molar-refractivity contribution in [2.24, 2.45) is 0 Å². The lowest BCUT2D eigenvalue weighted by atomic mass is 10.1. The minimum Gasteiger partial charge on any atom is -0.455 e. The summed E-state index contributed by atoms with van der Waals surface area (Å²) in [5, 5.41) is 8.87. The molecule has 0 N–H and O–H groups in total. The van der Waals surface area contributed by atoms with Crippen molar-refractivity contribution >= 4 is 17.6 Å². The lowest BCUT2D eigenvalue weighted by Gasteiger charge is -2.19. The van der Waals surface area contributed by atoms with Crippen molar-refractivity contribution in [3.8, 4) is 6.07 Å². The van der Waals surface area contributed by atoms with Crippen molar-refractivity contribution in [2.45, 2.75) is 12.6 Å². The maximum Gasteiger partial charge on any atom is 0.416 e. The summed E-state index contributed by atoms with van der Waals surface area (Å²) in [5.41, 5.74) is -0.273. The van der Waals surface area contributed by atoms with Crippen molar-refractivity contribution in [3.63, 3.8) is 0 Å². The molecule has 0 fully saturated rings. The molecule has 8 heteroatoms. The Kier molecular flexibility index (Phi) is 6.55. The first-order valence-electron chi connectivity index (χ1n) is 7.85. The zero-order valence-corrected chi connectivity index (χ0v) is 14.1. The molecule has 5 nitrogen and oxygen atoms in total. The molecule has 0 atom stereocenters. The first kappa shape index (κ1) is 20.0. The summed E-state index contributed by atoms with van der Waals surface area (Å²) < 4.78 is 42.9. The molecule has 0 saturated heterocycles. The van der Waals surface area contributed by atoms with E-state index in [1.165, 1.54) is 12.1 Å². The molecule has 1 amide bonds. The van der Waals surface area contributed by atoms with Gasteiger partial charge in [-0.2, -0.15) is 18.4 Å². The molecule has 0 spiro atoms. The number of esters is 1. The van der Waals surface area contributed by atoms with Crippen LogP contribution in [-0.2, 0) is 26.9 Å². The second-order valence-corrected chi connectivity index (χ2v) is 5.51. The highest BCUT2D eigenvalue weighted by Crippen LogP contribution is 2.29. The quantitative estimate of drug-likeness (QED) is 0.573. The van der Waals surface area contributed by atoms with Crippen molar-refractivity contribution in [1.29, 1.82) is 5.26 Å². The highest BCUT2D eigenvalue weighted by atomic mass is 19.4. The summed E-state index contributed by atoms with van der Waals surface area (Å²) in [5.74, 6) is -1.45. The van der Waals surface area contributed by atoms with E-state index in [9.17, 15) is 22.8 Å². The fraction of sp³-hybridized carbons (Fsp3) is 0.211. The van der Waals surface area contributed by atoms with Gasteiger partial charge in [-0.25, -0.2) is 0 Å². The molecule has 140 valence electrons. The number of alkyl halides is 3. The van der Waals surface area contributed by atoms with Gasteiger partial charge in [0, 0.05) is 5.69 Å². The van der Waals surface area contributed by atoms with Crippen molar-refractivity contribution in [2.75, 3.05) is 18.1 Å². The zero-order valence-electron chi connectivity index (χ0n) is 14.1. The van der Waals surface area contributed by atoms with Crippen LogP contribution in [0.2, 0.25) is 0 Å². The molecule has 0 aromatic heterocycles. The summed E-state index contributed by atoms with van der Waals surface area (Å²) in [6.07, 6.45) is -4.91. The Bertz CT molecular complexity index is 845. The van der Waals surface area contributed by atoms with Gasteiger partial charge in [0.25, 0.3) is 5.91 Å². The smallest absolute Gasteiger partial charge is 0.416 e. The topological polar surface area (TPSA) is 70.4 Å². The van der Waals surface area contributed by atoms with Crippen molar-refractivity contribution in [1.82, 2.24) is 0 Å². The van der Waals surface area contributed by atoms with E-state index in [1.807, 2.05) is 6.07 Å². The van der Waals surface area contributed by atoms with E-state index in [0.717, 1.165) is 17.0 Å². The molecule has 2 aromatic rings. The van der Waals surface area contributed by atoms with Crippen LogP contribution in [0.1, 0.15) is 11.1 Å². The van der Waals surface area contributed by atoms with Gasteiger partial charge in [0.2, 0.25) is 0 Å². The molecule has 2 aromatic carbocycles. The summed E-state index contributed by atoms with van der Waals surface area (Å²) in [6, 6.07) is 14.5. The van der Waals surface area contributed by atoms with Crippen LogP contribution in [0, 0.1) is 11.3 Å². The third-order valence-corrected chi connectivity index (χ3v) is 3.56. The van der Waals surface area contributed by atoms with Gasteiger partial charge in [0.05, 0.1) is 18.1 Å². The Balaban J connectivity index is 1.96. The number of hydrogen-bond acceptors (Lipinski definition) is 4. The largest absolute Gasteiger partial charge is 0.455 e. The van der Waals surface area contributed by atoms with Crippen LogP contribution < -0.4 is 4.90 Å². The molecule has 0 heterocycles. The van der Waals surface area contributed by atoms with Gasteiger partial charge in [-0.1, -0.05) is 36.4 Å². The summed E-state index contributed by atoms with van der Waals surface area (Å²) in [7, 11) is 0. The van der Waals surface area contributed by atoms with Gasteiger partial charge < -0.3 is 4.74 Å². The van der Waals surface area contributed by atoms with Crippen molar-refractivity contribution < 1.29 is 27.5 Å². The van der Waals surface area contributed by atoms with E-state index in [-0.39, 0.29) is 12.1 Å². The van der Waals surface area contributed by atoms with Crippen LogP contribution >= 0.6 is 0 Å². The van der Waals surface area contributed by atoms with Crippen LogP contribution in [0.5, 0.6) is 0 Å². The standard InChI is InChI=1S/C19H15F3N2O3/c20-19(21,22)15-6-4-5-14(11-15)12-18(26)27-13-17(25)24(10-9-23)16-7-2-1-3-8-16/h1-8,11H,10,12-13H2. The zero-order chi connectivity index (χ0) is 19.9. The van der Waals surface area contributed by atoms with Crippen molar-refractivity contribution in [3.05, 3.63) is 65.7 Å². The number of carbonyl (C=O) groups excluding carboxylic acids is 2. The third-order valence-electron chi connectivity index (χ3n) is 3.56. The van der Waals surface area contributed by atoms with Gasteiger partial charge in [-0.15, -0.1) is 0 Å². The SMILES string of the molecule is N#CCN(C(=O)COC(=O)Cc1cccc(C(F)(F)F)c1)c1ccccc1. The van der Waals surface area contributed by atoms with Gasteiger partial charge in [-0.05, 0) is 23.8 Å². The molecule has 0 unspecified atom stereocenters. The molecule has 27 heavy (non-hydrogen) atoms. The van der Waals surface area contributed by atoms with Crippen LogP contribution in [0.25, 0.3) is 0 Å². The molecule has 0 aliphatic heterocycles. The van der Waals surface area contributed by atoms with E-state index in [4.69, 9.17) is 10.00 Å². The molecular weight excluding hydrogens is 361 g/mol. The number of nitriles is 1. The Morgan fingerprint density at radius 2 is 1.78 bits per heavy atom. The maximum absolute atomic E-state index is 12.7. The van der Waals surface area contributed by atoms with Gasteiger partial charge in [-0.3, -0.25) is 14.5 Å². The van der Waals surface area contributed by atoms with E-state index >= 15 is 0 Å². The molecular formula is C19H15F3N2O3. The minimum absolute atomic E-state index is 0.124. The van der Waals surface area contributed by atoms with E-state index in [2.05, 4.69) is 0 Å². The number of hydrogen-bond donors (Lipinski definition) is 0. The van der Waals surface area contributed by atoms with E-state index in [1.54, 1.807) is 30.3 Å². The molecule has 0 aliphatic carbocycles. The number of amides is 1. The Hall–Kier alpha value is -3.34. The minimum atomic E-state index is -4.51. The molecule has 0 saturated carbocycles. The number of nitrogens with zero attached hydrogens (tertiary/aromatic N) is 2. The van der Waals surface area contributed by atoms with Gasteiger partial charge >= 0.3 is 12.1 Å². The third kappa shape index (κ3) is 5.85. The number of carbonyl (C=O) groups is 2. The average molecular weight is 376 g/mol. The fourth-order valence-electron chi connectivity index (χ4n) is 2.30. The number of anilines is 1. The molecule has 0 aliphatic rings. The van der Waals surface area contributed by atoms with Gasteiger partial charge in [0.15, 0.2) is 6.61 Å². The molecule has 2 rings (SSSR count).